The maximum atomic E-state index is 13.0. The molecule has 0 heterocycles. The molecule has 120 valence electrons. The molecule has 0 unspecified atom stereocenters. The van der Waals surface area contributed by atoms with E-state index in [1.54, 1.807) is 0 Å². The van der Waals surface area contributed by atoms with Crippen molar-refractivity contribution in [3.05, 3.63) is 29.0 Å². The summed E-state index contributed by atoms with van der Waals surface area (Å²) < 4.78 is 39.8. The van der Waals surface area contributed by atoms with Crippen LogP contribution >= 0.6 is 24.0 Å². The van der Waals surface area contributed by atoms with Crippen molar-refractivity contribution in [1.29, 1.82) is 0 Å². The third-order valence-corrected chi connectivity index (χ3v) is 5.53. The monoisotopic (exact) mass is 356 g/mol. The van der Waals surface area contributed by atoms with E-state index >= 15 is 0 Å². The fraction of sp³-hybridized carbons (Fsp3) is 0.538. The van der Waals surface area contributed by atoms with E-state index in [1.807, 2.05) is 0 Å². The molecule has 21 heavy (non-hydrogen) atoms. The minimum atomic E-state index is -3.77. The first-order valence-electron chi connectivity index (χ1n) is 6.56. The lowest BCUT2D eigenvalue weighted by molar-refractivity contribution is 0.296. The van der Waals surface area contributed by atoms with Crippen LogP contribution in [0.5, 0.6) is 0 Å². The maximum absolute atomic E-state index is 13.0. The molecule has 8 heteroatoms. The molecule has 0 bridgehead atoms. The fourth-order valence-corrected chi connectivity index (χ4v) is 4.11. The molecule has 1 aliphatic carbocycles. The zero-order valence-electron chi connectivity index (χ0n) is 11.4. The van der Waals surface area contributed by atoms with Gasteiger partial charge in [-0.25, -0.2) is 17.5 Å². The van der Waals surface area contributed by atoms with Gasteiger partial charge in [-0.05, 0) is 31.0 Å². The summed E-state index contributed by atoms with van der Waals surface area (Å²) in [4.78, 5) is -0.125. The highest BCUT2D eigenvalue weighted by Crippen LogP contribution is 2.26. The normalized spacial score (nSPS) is 18.0. The van der Waals surface area contributed by atoms with Crippen molar-refractivity contribution < 1.29 is 12.8 Å². The predicted molar refractivity (Wildman–Crippen MR) is 83.8 cm³/mol. The quantitative estimate of drug-likeness (QED) is 0.870. The zero-order chi connectivity index (χ0) is 14.8. The Morgan fingerprint density at radius 1 is 1.29 bits per heavy atom. The second kappa shape index (κ2) is 7.24. The molecule has 1 saturated carbocycles. The van der Waals surface area contributed by atoms with E-state index < -0.39 is 21.4 Å². The maximum Gasteiger partial charge on any atom is 0.242 e. The van der Waals surface area contributed by atoms with Crippen molar-refractivity contribution >= 4 is 34.0 Å². The van der Waals surface area contributed by atoms with Gasteiger partial charge in [0.2, 0.25) is 10.0 Å². The minimum absolute atomic E-state index is 0. The Hall–Kier alpha value is -0.400. The second-order valence-corrected chi connectivity index (χ2v) is 7.46. The van der Waals surface area contributed by atoms with Gasteiger partial charge in [-0.1, -0.05) is 30.9 Å². The van der Waals surface area contributed by atoms with Crippen molar-refractivity contribution in [3.8, 4) is 0 Å². The van der Waals surface area contributed by atoms with Gasteiger partial charge in [-0.2, -0.15) is 0 Å². The molecule has 0 spiro atoms. The summed E-state index contributed by atoms with van der Waals surface area (Å²) >= 11 is 5.78. The molecular weight excluding hydrogens is 338 g/mol. The summed E-state index contributed by atoms with van der Waals surface area (Å²) in [7, 11) is -3.77. The summed E-state index contributed by atoms with van der Waals surface area (Å²) in [6.45, 7) is 0.170. The SMILES string of the molecule is Cl.NC1(CNS(=O)(=O)c2ccc(F)cc2Cl)CCCCC1. The largest absolute Gasteiger partial charge is 0.324 e. The molecule has 1 aromatic rings. The number of halogens is 3. The molecule has 0 radical (unpaired) electrons. The van der Waals surface area contributed by atoms with E-state index in [-0.39, 0.29) is 28.9 Å². The van der Waals surface area contributed by atoms with Crippen LogP contribution in [-0.2, 0) is 10.0 Å². The van der Waals surface area contributed by atoms with Gasteiger partial charge in [0.1, 0.15) is 10.7 Å². The molecule has 0 saturated heterocycles. The van der Waals surface area contributed by atoms with Crippen molar-refractivity contribution in [2.45, 2.75) is 42.5 Å². The van der Waals surface area contributed by atoms with Crippen LogP contribution in [0.1, 0.15) is 32.1 Å². The Kier molecular flexibility index (Phi) is 6.43. The van der Waals surface area contributed by atoms with Crippen molar-refractivity contribution in [1.82, 2.24) is 4.72 Å². The number of nitrogens with one attached hydrogen (secondary N) is 1. The highest BCUT2D eigenvalue weighted by Gasteiger charge is 2.29. The van der Waals surface area contributed by atoms with Crippen LogP contribution in [0.2, 0.25) is 5.02 Å². The molecule has 2 rings (SSSR count). The zero-order valence-corrected chi connectivity index (χ0v) is 13.8. The summed E-state index contributed by atoms with van der Waals surface area (Å²) in [5, 5.41) is -0.132. The Labute approximate surface area is 135 Å². The summed E-state index contributed by atoms with van der Waals surface area (Å²) in [5.74, 6) is -0.573. The minimum Gasteiger partial charge on any atom is -0.324 e. The van der Waals surface area contributed by atoms with E-state index in [0.29, 0.717) is 0 Å². The molecule has 1 aromatic carbocycles. The van der Waals surface area contributed by atoms with Crippen molar-refractivity contribution in [2.24, 2.45) is 5.73 Å². The van der Waals surface area contributed by atoms with Gasteiger partial charge in [0.25, 0.3) is 0 Å². The number of rotatable bonds is 4. The fourth-order valence-electron chi connectivity index (χ4n) is 2.44. The molecule has 4 nitrogen and oxygen atoms in total. The number of hydrogen-bond donors (Lipinski definition) is 2. The third kappa shape index (κ3) is 4.79. The average Bonchev–Trinajstić information content (AvgIpc) is 2.37. The van der Waals surface area contributed by atoms with Gasteiger partial charge in [0.15, 0.2) is 0 Å². The summed E-state index contributed by atoms with van der Waals surface area (Å²) in [5.41, 5.74) is 5.68. The standard InChI is InChI=1S/C13H18ClFN2O2S.ClH/c14-11-8-10(15)4-5-12(11)20(18,19)17-9-13(16)6-2-1-3-7-13;/h4-5,8,17H,1-3,6-7,9,16H2;1H. The van der Waals surface area contributed by atoms with E-state index in [9.17, 15) is 12.8 Å². The van der Waals surface area contributed by atoms with Crippen molar-refractivity contribution in [2.75, 3.05) is 6.54 Å². The lowest BCUT2D eigenvalue weighted by Gasteiger charge is -2.33. The van der Waals surface area contributed by atoms with Gasteiger partial charge in [-0.15, -0.1) is 12.4 Å². The van der Waals surface area contributed by atoms with Crippen LogP contribution in [-0.4, -0.2) is 20.5 Å². The smallest absolute Gasteiger partial charge is 0.242 e. The number of benzene rings is 1. The lowest BCUT2D eigenvalue weighted by Crippen LogP contribution is -2.51. The first-order valence-corrected chi connectivity index (χ1v) is 8.42. The van der Waals surface area contributed by atoms with Gasteiger partial charge in [0, 0.05) is 12.1 Å². The first kappa shape index (κ1) is 18.6. The Balaban J connectivity index is 0.00000220. The van der Waals surface area contributed by atoms with Crippen LogP contribution in [0.4, 0.5) is 4.39 Å². The number of hydrogen-bond acceptors (Lipinski definition) is 3. The van der Waals surface area contributed by atoms with E-state index in [2.05, 4.69) is 4.72 Å². The lowest BCUT2D eigenvalue weighted by atomic mass is 9.83. The summed E-state index contributed by atoms with van der Waals surface area (Å²) in [6.07, 6.45) is 4.75. The van der Waals surface area contributed by atoms with E-state index in [4.69, 9.17) is 17.3 Å². The molecular formula is C13H19Cl2FN2O2S. The second-order valence-electron chi connectivity index (χ2n) is 5.32. The molecule has 1 aliphatic rings. The predicted octanol–water partition coefficient (Wildman–Crippen LogP) is 2.84. The topological polar surface area (TPSA) is 72.2 Å². The Bertz CT molecular complexity index is 590. The average molecular weight is 357 g/mol. The number of sulfonamides is 1. The number of nitrogens with two attached hydrogens (primary N) is 1. The third-order valence-electron chi connectivity index (χ3n) is 3.65. The highest BCUT2D eigenvalue weighted by molar-refractivity contribution is 7.89. The highest BCUT2D eigenvalue weighted by atomic mass is 35.5. The summed E-state index contributed by atoms with van der Waals surface area (Å²) in [6, 6.07) is 3.21. The molecule has 0 amide bonds. The first-order chi connectivity index (χ1) is 9.32. The van der Waals surface area contributed by atoms with Crippen LogP contribution in [0, 0.1) is 5.82 Å². The van der Waals surface area contributed by atoms with Crippen LogP contribution in [0.25, 0.3) is 0 Å². The van der Waals surface area contributed by atoms with E-state index in [0.717, 1.165) is 50.3 Å². The van der Waals surface area contributed by atoms with Crippen LogP contribution in [0.3, 0.4) is 0 Å². The molecule has 0 atom stereocenters. The molecule has 0 aromatic heterocycles. The van der Waals surface area contributed by atoms with Gasteiger partial charge in [-0.3, -0.25) is 0 Å². The van der Waals surface area contributed by atoms with Gasteiger partial charge >= 0.3 is 0 Å². The molecule has 0 aliphatic heterocycles. The Morgan fingerprint density at radius 3 is 2.48 bits per heavy atom. The van der Waals surface area contributed by atoms with Crippen LogP contribution in [0.15, 0.2) is 23.1 Å². The Morgan fingerprint density at radius 2 is 1.90 bits per heavy atom. The molecule has 3 N–H and O–H groups in total. The van der Waals surface area contributed by atoms with Crippen LogP contribution < -0.4 is 10.5 Å². The van der Waals surface area contributed by atoms with Gasteiger partial charge < -0.3 is 5.73 Å². The van der Waals surface area contributed by atoms with E-state index in [1.165, 1.54) is 0 Å². The molecule has 1 fully saturated rings. The van der Waals surface area contributed by atoms with Crippen molar-refractivity contribution in [3.63, 3.8) is 0 Å². The van der Waals surface area contributed by atoms with Gasteiger partial charge in [0.05, 0.1) is 5.02 Å².